The summed E-state index contributed by atoms with van der Waals surface area (Å²) in [6.45, 7) is 7.80. The Bertz CT molecular complexity index is 410. The predicted octanol–water partition coefficient (Wildman–Crippen LogP) is 2.45. The zero-order valence-electron chi connectivity index (χ0n) is 13.7. The van der Waals surface area contributed by atoms with Crippen molar-refractivity contribution in [2.75, 3.05) is 40.0 Å². The Labute approximate surface area is 150 Å². The van der Waals surface area contributed by atoms with Crippen LogP contribution in [0.3, 0.4) is 0 Å². The molecule has 0 bridgehead atoms. The minimum atomic E-state index is 0. The summed E-state index contributed by atoms with van der Waals surface area (Å²) < 4.78 is 10.4. The van der Waals surface area contributed by atoms with Gasteiger partial charge in [-0.15, -0.1) is 24.0 Å². The van der Waals surface area contributed by atoms with Gasteiger partial charge in [0.2, 0.25) is 0 Å². The van der Waals surface area contributed by atoms with E-state index in [0.717, 1.165) is 37.8 Å². The number of aliphatic imine (C=N–C) groups is 1. The summed E-state index contributed by atoms with van der Waals surface area (Å²) in [7, 11) is 1.68. The molecule has 0 aliphatic heterocycles. The van der Waals surface area contributed by atoms with Crippen molar-refractivity contribution in [3.63, 3.8) is 0 Å². The third-order valence-corrected chi connectivity index (χ3v) is 2.92. The molecular weight excluding hydrogens is 393 g/mol. The molecule has 0 amide bonds. The van der Waals surface area contributed by atoms with Gasteiger partial charge in [0.15, 0.2) is 5.96 Å². The third-order valence-electron chi connectivity index (χ3n) is 2.92. The Morgan fingerprint density at radius 3 is 2.45 bits per heavy atom. The molecule has 1 aromatic rings. The SMILES string of the molecule is CCNC(=NCCOCC)NCCc1ccc(OC)cc1.I. The third kappa shape index (κ3) is 9.09. The Balaban J connectivity index is 0.00000441. The van der Waals surface area contributed by atoms with Crippen molar-refractivity contribution >= 4 is 29.9 Å². The number of nitrogens with zero attached hydrogens (tertiary/aromatic N) is 1. The van der Waals surface area contributed by atoms with Crippen LogP contribution in [-0.2, 0) is 11.2 Å². The first-order valence-corrected chi connectivity index (χ1v) is 7.53. The van der Waals surface area contributed by atoms with E-state index in [9.17, 15) is 0 Å². The van der Waals surface area contributed by atoms with E-state index in [2.05, 4.69) is 34.7 Å². The summed E-state index contributed by atoms with van der Waals surface area (Å²) in [5.74, 6) is 1.73. The highest BCUT2D eigenvalue weighted by molar-refractivity contribution is 14.0. The average Bonchev–Trinajstić information content (AvgIpc) is 2.52. The molecule has 0 radical (unpaired) electrons. The molecule has 126 valence electrons. The standard InChI is InChI=1S/C16H27N3O2.HI/c1-4-17-16(19-12-13-21-5-2)18-11-10-14-6-8-15(20-3)9-7-14;/h6-9H,4-5,10-13H2,1-3H3,(H2,17,18,19);1H. The maximum Gasteiger partial charge on any atom is 0.191 e. The van der Waals surface area contributed by atoms with Crippen LogP contribution in [0.1, 0.15) is 19.4 Å². The quantitative estimate of drug-likeness (QED) is 0.279. The largest absolute Gasteiger partial charge is 0.497 e. The van der Waals surface area contributed by atoms with Gasteiger partial charge in [-0.2, -0.15) is 0 Å². The van der Waals surface area contributed by atoms with Crippen molar-refractivity contribution < 1.29 is 9.47 Å². The van der Waals surface area contributed by atoms with Crippen LogP contribution in [-0.4, -0.2) is 45.9 Å². The van der Waals surface area contributed by atoms with E-state index in [0.29, 0.717) is 13.2 Å². The fourth-order valence-electron chi connectivity index (χ4n) is 1.83. The van der Waals surface area contributed by atoms with Crippen LogP contribution < -0.4 is 15.4 Å². The van der Waals surface area contributed by atoms with Gasteiger partial charge in [-0.25, -0.2) is 0 Å². The van der Waals surface area contributed by atoms with Crippen molar-refractivity contribution in [1.82, 2.24) is 10.6 Å². The number of hydrogen-bond acceptors (Lipinski definition) is 3. The van der Waals surface area contributed by atoms with Crippen LogP contribution >= 0.6 is 24.0 Å². The first-order valence-electron chi connectivity index (χ1n) is 7.53. The molecule has 0 aliphatic rings. The van der Waals surface area contributed by atoms with Crippen LogP contribution in [0.5, 0.6) is 5.75 Å². The van der Waals surface area contributed by atoms with Gasteiger partial charge >= 0.3 is 0 Å². The average molecular weight is 421 g/mol. The van der Waals surface area contributed by atoms with Gasteiger partial charge in [0.25, 0.3) is 0 Å². The van der Waals surface area contributed by atoms with E-state index >= 15 is 0 Å². The molecule has 1 rings (SSSR count). The fraction of sp³-hybridized carbons (Fsp3) is 0.562. The molecule has 5 nitrogen and oxygen atoms in total. The molecule has 0 aromatic heterocycles. The van der Waals surface area contributed by atoms with Crippen molar-refractivity contribution in [3.8, 4) is 5.75 Å². The summed E-state index contributed by atoms with van der Waals surface area (Å²) in [4.78, 5) is 4.46. The van der Waals surface area contributed by atoms with Gasteiger partial charge < -0.3 is 20.1 Å². The number of methoxy groups -OCH3 is 1. The van der Waals surface area contributed by atoms with Gasteiger partial charge in [-0.3, -0.25) is 4.99 Å². The van der Waals surface area contributed by atoms with Crippen LogP contribution in [0.25, 0.3) is 0 Å². The molecule has 0 spiro atoms. The molecule has 0 heterocycles. The second-order valence-corrected chi connectivity index (χ2v) is 4.48. The molecule has 2 N–H and O–H groups in total. The highest BCUT2D eigenvalue weighted by Crippen LogP contribution is 2.11. The molecule has 6 heteroatoms. The Morgan fingerprint density at radius 1 is 1.14 bits per heavy atom. The van der Waals surface area contributed by atoms with Gasteiger partial charge in [-0.1, -0.05) is 12.1 Å². The second kappa shape index (κ2) is 13.6. The van der Waals surface area contributed by atoms with Crippen LogP contribution in [0.4, 0.5) is 0 Å². The van der Waals surface area contributed by atoms with E-state index in [1.807, 2.05) is 19.1 Å². The van der Waals surface area contributed by atoms with E-state index in [1.54, 1.807) is 7.11 Å². The van der Waals surface area contributed by atoms with Gasteiger partial charge in [-0.05, 0) is 38.0 Å². The van der Waals surface area contributed by atoms with Crippen LogP contribution in [0, 0.1) is 0 Å². The lowest BCUT2D eigenvalue weighted by Gasteiger charge is -2.11. The molecule has 22 heavy (non-hydrogen) atoms. The predicted molar refractivity (Wildman–Crippen MR) is 103 cm³/mol. The number of guanidine groups is 1. The number of rotatable bonds is 9. The van der Waals surface area contributed by atoms with Gasteiger partial charge in [0.05, 0.1) is 20.3 Å². The van der Waals surface area contributed by atoms with E-state index in [1.165, 1.54) is 5.56 Å². The maximum absolute atomic E-state index is 5.28. The molecule has 0 atom stereocenters. The number of hydrogen-bond donors (Lipinski definition) is 2. The molecule has 1 aromatic carbocycles. The lowest BCUT2D eigenvalue weighted by atomic mass is 10.1. The lowest BCUT2D eigenvalue weighted by Crippen LogP contribution is -2.38. The number of halogens is 1. The monoisotopic (exact) mass is 421 g/mol. The molecule has 0 saturated carbocycles. The molecule has 0 saturated heterocycles. The van der Waals surface area contributed by atoms with E-state index in [4.69, 9.17) is 9.47 Å². The summed E-state index contributed by atoms with van der Waals surface area (Å²) in [5, 5.41) is 6.55. The van der Waals surface area contributed by atoms with E-state index < -0.39 is 0 Å². The minimum Gasteiger partial charge on any atom is -0.497 e. The molecule has 0 fully saturated rings. The maximum atomic E-state index is 5.28. The van der Waals surface area contributed by atoms with E-state index in [-0.39, 0.29) is 24.0 Å². The van der Waals surface area contributed by atoms with Crippen LogP contribution in [0.15, 0.2) is 29.3 Å². The number of nitrogens with one attached hydrogen (secondary N) is 2. The normalized spacial score (nSPS) is 10.8. The topological polar surface area (TPSA) is 54.9 Å². The number of benzene rings is 1. The molecule has 0 aliphatic carbocycles. The zero-order valence-corrected chi connectivity index (χ0v) is 16.1. The Hall–Kier alpha value is -1.02. The van der Waals surface area contributed by atoms with Crippen molar-refractivity contribution in [3.05, 3.63) is 29.8 Å². The Kier molecular flexibility index (Phi) is 13.0. The lowest BCUT2D eigenvalue weighted by molar-refractivity contribution is 0.155. The first-order chi connectivity index (χ1) is 10.3. The molecular formula is C16H28IN3O2. The summed E-state index contributed by atoms with van der Waals surface area (Å²) >= 11 is 0. The Morgan fingerprint density at radius 2 is 1.86 bits per heavy atom. The van der Waals surface area contributed by atoms with Crippen molar-refractivity contribution in [2.24, 2.45) is 4.99 Å². The first kappa shape index (κ1) is 21.0. The van der Waals surface area contributed by atoms with Crippen molar-refractivity contribution in [1.29, 1.82) is 0 Å². The second-order valence-electron chi connectivity index (χ2n) is 4.48. The number of ether oxygens (including phenoxy) is 2. The summed E-state index contributed by atoms with van der Waals surface area (Å²) in [5.41, 5.74) is 1.27. The fourth-order valence-corrected chi connectivity index (χ4v) is 1.83. The highest BCUT2D eigenvalue weighted by atomic mass is 127. The summed E-state index contributed by atoms with van der Waals surface area (Å²) in [6.07, 6.45) is 0.944. The van der Waals surface area contributed by atoms with Gasteiger partial charge in [0, 0.05) is 19.7 Å². The summed E-state index contributed by atoms with van der Waals surface area (Å²) in [6, 6.07) is 8.13. The van der Waals surface area contributed by atoms with Crippen molar-refractivity contribution in [2.45, 2.75) is 20.3 Å². The zero-order chi connectivity index (χ0) is 15.3. The van der Waals surface area contributed by atoms with Gasteiger partial charge in [0.1, 0.15) is 5.75 Å². The minimum absolute atomic E-state index is 0. The smallest absolute Gasteiger partial charge is 0.191 e. The highest BCUT2D eigenvalue weighted by Gasteiger charge is 1.98. The van der Waals surface area contributed by atoms with Crippen LogP contribution in [0.2, 0.25) is 0 Å². The molecule has 0 unspecified atom stereocenters.